The van der Waals surface area contributed by atoms with E-state index in [2.05, 4.69) is 0 Å². The molecular weight excluding hydrogens is 404 g/mol. The molecule has 0 amide bonds. The van der Waals surface area contributed by atoms with Gasteiger partial charge in [0.05, 0.1) is 19.3 Å². The molecule has 14 heteroatoms. The van der Waals surface area contributed by atoms with E-state index in [4.69, 9.17) is 19.3 Å². The molecular formula is C15H26O14. The Kier molecular flexibility index (Phi) is 7.88. The zero-order valence-corrected chi connectivity index (χ0v) is 15.0. The maximum atomic E-state index is 11.8. The summed E-state index contributed by atoms with van der Waals surface area (Å²) in [6, 6.07) is 0. The SMILES string of the molecule is O=C(O)[C@@]1(OC[C@H]2O[C@@H](O)[C@H](O)[C@@H](O)[C@H]2O)C[C@H](O)[C@@H](O)[C@H]([C@H](O)[C@H](O)CO)O1. The zero-order chi connectivity index (χ0) is 22.1. The third kappa shape index (κ3) is 4.84. The summed E-state index contributed by atoms with van der Waals surface area (Å²) in [7, 11) is 0. The van der Waals surface area contributed by atoms with Crippen LogP contribution >= 0.6 is 0 Å². The summed E-state index contributed by atoms with van der Waals surface area (Å²) in [5.41, 5.74) is 0. The second-order valence-electron chi connectivity index (χ2n) is 6.99. The molecule has 170 valence electrons. The quantitative estimate of drug-likeness (QED) is 0.180. The fraction of sp³-hybridized carbons (Fsp3) is 0.933. The van der Waals surface area contributed by atoms with E-state index in [1.807, 2.05) is 0 Å². The molecule has 2 rings (SSSR count). The summed E-state index contributed by atoms with van der Waals surface area (Å²) in [5, 5.41) is 96.6. The summed E-state index contributed by atoms with van der Waals surface area (Å²) in [6.07, 6.45) is -19.0. The van der Waals surface area contributed by atoms with Crippen LogP contribution in [0.3, 0.4) is 0 Å². The van der Waals surface area contributed by atoms with Gasteiger partial charge < -0.3 is 65.3 Å². The van der Waals surface area contributed by atoms with Crippen LogP contribution in [0.4, 0.5) is 0 Å². The van der Waals surface area contributed by atoms with Gasteiger partial charge in [0, 0.05) is 6.42 Å². The van der Waals surface area contributed by atoms with E-state index >= 15 is 0 Å². The number of hydrogen-bond donors (Lipinski definition) is 10. The minimum atomic E-state index is -2.69. The number of hydrogen-bond acceptors (Lipinski definition) is 13. The summed E-state index contributed by atoms with van der Waals surface area (Å²) in [4.78, 5) is 11.8. The molecule has 0 bridgehead atoms. The fourth-order valence-electron chi connectivity index (χ4n) is 3.13. The minimum Gasteiger partial charge on any atom is -0.477 e. The van der Waals surface area contributed by atoms with E-state index in [9.17, 15) is 50.8 Å². The highest BCUT2D eigenvalue weighted by Crippen LogP contribution is 2.34. The Morgan fingerprint density at radius 2 is 1.66 bits per heavy atom. The Labute approximate surface area is 163 Å². The van der Waals surface area contributed by atoms with Crippen molar-refractivity contribution in [3.05, 3.63) is 0 Å². The van der Waals surface area contributed by atoms with Crippen LogP contribution in [0.25, 0.3) is 0 Å². The van der Waals surface area contributed by atoms with Crippen LogP contribution in [0, 0.1) is 0 Å². The van der Waals surface area contributed by atoms with Crippen molar-refractivity contribution in [2.75, 3.05) is 13.2 Å². The number of carboxylic acid groups (broad SMARTS) is 1. The molecule has 10 N–H and O–H groups in total. The molecule has 0 aromatic carbocycles. The first kappa shape index (κ1) is 24.3. The van der Waals surface area contributed by atoms with Crippen LogP contribution in [0.1, 0.15) is 6.42 Å². The average Bonchev–Trinajstić information content (AvgIpc) is 2.69. The smallest absolute Gasteiger partial charge is 0.364 e. The van der Waals surface area contributed by atoms with Crippen LogP contribution in [0.15, 0.2) is 0 Å². The molecule has 0 aromatic rings. The molecule has 2 fully saturated rings. The summed E-state index contributed by atoms with van der Waals surface area (Å²) >= 11 is 0. The van der Waals surface area contributed by atoms with E-state index in [1.54, 1.807) is 0 Å². The highest BCUT2D eigenvalue weighted by atomic mass is 16.7. The van der Waals surface area contributed by atoms with Crippen LogP contribution in [-0.4, -0.2) is 137 Å². The lowest BCUT2D eigenvalue weighted by atomic mass is 9.90. The normalized spacial score (nSPS) is 45.6. The largest absolute Gasteiger partial charge is 0.477 e. The van der Waals surface area contributed by atoms with Gasteiger partial charge in [0.25, 0.3) is 5.79 Å². The van der Waals surface area contributed by atoms with Crippen LogP contribution in [0.2, 0.25) is 0 Å². The number of ether oxygens (including phenoxy) is 3. The third-order valence-electron chi connectivity index (χ3n) is 4.95. The standard InChI is InChI=1S/C15H26O14/c16-2-5(18)8(20)12-7(19)4(17)1-15(29-12,14(25)26)27-3-6-9(21)10(22)11(23)13(24)28-6/h4-13,16-24H,1-3H2,(H,25,26)/t4-,5+,6+,7+,8+,9-,10-,11+,12+,13+,15+/m0/s1. The second-order valence-corrected chi connectivity index (χ2v) is 6.99. The molecule has 0 saturated carbocycles. The van der Waals surface area contributed by atoms with Gasteiger partial charge in [-0.3, -0.25) is 0 Å². The van der Waals surface area contributed by atoms with E-state index in [0.29, 0.717) is 0 Å². The number of aliphatic hydroxyl groups is 9. The van der Waals surface area contributed by atoms with Crippen molar-refractivity contribution in [3.63, 3.8) is 0 Å². The van der Waals surface area contributed by atoms with Crippen molar-refractivity contribution >= 4 is 5.97 Å². The molecule has 0 aliphatic carbocycles. The molecule has 2 saturated heterocycles. The maximum absolute atomic E-state index is 11.8. The van der Waals surface area contributed by atoms with Gasteiger partial charge in [-0.05, 0) is 0 Å². The number of aliphatic hydroxyl groups excluding tert-OH is 9. The molecule has 11 atom stereocenters. The van der Waals surface area contributed by atoms with Crippen molar-refractivity contribution in [2.45, 2.75) is 73.4 Å². The van der Waals surface area contributed by atoms with Crippen molar-refractivity contribution in [1.82, 2.24) is 0 Å². The molecule has 0 unspecified atom stereocenters. The highest BCUT2D eigenvalue weighted by molar-refractivity contribution is 5.76. The monoisotopic (exact) mass is 430 g/mol. The van der Waals surface area contributed by atoms with Crippen LogP contribution in [0.5, 0.6) is 0 Å². The third-order valence-corrected chi connectivity index (χ3v) is 4.95. The predicted molar refractivity (Wildman–Crippen MR) is 85.8 cm³/mol. The van der Waals surface area contributed by atoms with Gasteiger partial charge in [-0.15, -0.1) is 0 Å². The van der Waals surface area contributed by atoms with Gasteiger partial charge >= 0.3 is 5.97 Å². The topological polar surface area (TPSA) is 247 Å². The number of carboxylic acids is 1. The highest BCUT2D eigenvalue weighted by Gasteiger charge is 2.56. The predicted octanol–water partition coefficient (Wildman–Crippen LogP) is -6.19. The lowest BCUT2D eigenvalue weighted by Gasteiger charge is -2.45. The Morgan fingerprint density at radius 1 is 1.03 bits per heavy atom. The molecule has 2 aliphatic heterocycles. The Balaban J connectivity index is 2.19. The van der Waals surface area contributed by atoms with E-state index in [0.717, 1.165) is 0 Å². The lowest BCUT2D eigenvalue weighted by Crippen LogP contribution is -2.65. The molecule has 0 aromatic heterocycles. The number of rotatable bonds is 7. The Hall–Kier alpha value is -1.01. The van der Waals surface area contributed by atoms with E-state index in [-0.39, 0.29) is 0 Å². The molecule has 2 heterocycles. The molecule has 14 nitrogen and oxygen atoms in total. The number of aliphatic carboxylic acids is 1. The van der Waals surface area contributed by atoms with Gasteiger partial charge in [-0.1, -0.05) is 0 Å². The minimum absolute atomic E-state index is 0.817. The zero-order valence-electron chi connectivity index (χ0n) is 15.0. The van der Waals surface area contributed by atoms with Crippen molar-refractivity contribution in [1.29, 1.82) is 0 Å². The van der Waals surface area contributed by atoms with Crippen molar-refractivity contribution in [2.24, 2.45) is 0 Å². The fourth-order valence-corrected chi connectivity index (χ4v) is 3.13. The van der Waals surface area contributed by atoms with Gasteiger partial charge in [0.15, 0.2) is 6.29 Å². The molecule has 0 radical (unpaired) electrons. The molecule has 0 spiro atoms. The van der Waals surface area contributed by atoms with Crippen LogP contribution < -0.4 is 0 Å². The summed E-state index contributed by atoms with van der Waals surface area (Å²) in [6.45, 7) is -1.77. The first-order chi connectivity index (χ1) is 13.4. The average molecular weight is 430 g/mol. The van der Waals surface area contributed by atoms with E-state index in [1.165, 1.54) is 0 Å². The molecule has 2 aliphatic rings. The maximum Gasteiger partial charge on any atom is 0.364 e. The Morgan fingerprint density at radius 3 is 2.21 bits per heavy atom. The van der Waals surface area contributed by atoms with Crippen LogP contribution in [-0.2, 0) is 19.0 Å². The van der Waals surface area contributed by atoms with Gasteiger partial charge in [0.2, 0.25) is 0 Å². The Bertz CT molecular complexity index is 561. The van der Waals surface area contributed by atoms with E-state index < -0.39 is 92.6 Å². The summed E-state index contributed by atoms with van der Waals surface area (Å²) in [5.74, 6) is -4.49. The number of carbonyl (C=O) groups is 1. The van der Waals surface area contributed by atoms with Gasteiger partial charge in [0.1, 0.15) is 48.8 Å². The van der Waals surface area contributed by atoms with Gasteiger partial charge in [-0.25, -0.2) is 4.79 Å². The summed E-state index contributed by atoms with van der Waals surface area (Å²) < 4.78 is 15.2. The molecule has 29 heavy (non-hydrogen) atoms. The second kappa shape index (κ2) is 9.42. The van der Waals surface area contributed by atoms with Gasteiger partial charge in [-0.2, -0.15) is 0 Å². The first-order valence-electron chi connectivity index (χ1n) is 8.71. The lowest BCUT2D eigenvalue weighted by molar-refractivity contribution is -0.344. The first-order valence-corrected chi connectivity index (χ1v) is 8.71. The van der Waals surface area contributed by atoms with Crippen molar-refractivity contribution in [3.8, 4) is 0 Å². The van der Waals surface area contributed by atoms with Crippen molar-refractivity contribution < 1.29 is 70.1 Å².